The third kappa shape index (κ3) is 14.5. The van der Waals surface area contributed by atoms with Crippen molar-refractivity contribution in [1.82, 2.24) is 25.3 Å². The molecule has 1 aliphatic carbocycles. The average Bonchev–Trinajstić information content (AvgIpc) is 4.10. The normalized spacial score (nSPS) is 17.3. The highest BCUT2D eigenvalue weighted by Crippen LogP contribution is 2.44. The molecule has 19 nitrogen and oxygen atoms in total. The van der Waals surface area contributed by atoms with Gasteiger partial charge in [0.1, 0.15) is 24.4 Å². The zero-order chi connectivity index (χ0) is 58.5. The van der Waals surface area contributed by atoms with Gasteiger partial charge in [0.2, 0.25) is 23.6 Å². The Morgan fingerprint density at radius 1 is 0.750 bits per heavy atom. The third-order valence-corrected chi connectivity index (χ3v) is 15.9. The van der Waals surface area contributed by atoms with Gasteiger partial charge < -0.3 is 44.1 Å². The van der Waals surface area contributed by atoms with Crippen molar-refractivity contribution in [2.24, 2.45) is 23.7 Å². The lowest BCUT2D eigenvalue weighted by Gasteiger charge is -2.41. The first-order valence-electron chi connectivity index (χ1n) is 27.6. The summed E-state index contributed by atoms with van der Waals surface area (Å²) >= 11 is 0. The van der Waals surface area contributed by atoms with Crippen molar-refractivity contribution >= 4 is 41.6 Å². The summed E-state index contributed by atoms with van der Waals surface area (Å²) in [5.74, 6) is -3.37. The summed E-state index contributed by atoms with van der Waals surface area (Å²) in [4.78, 5) is 100. The van der Waals surface area contributed by atoms with Gasteiger partial charge in [-0.25, -0.2) is 9.59 Å². The van der Waals surface area contributed by atoms with E-state index in [0.717, 1.165) is 22.3 Å². The van der Waals surface area contributed by atoms with Gasteiger partial charge >= 0.3 is 12.2 Å². The Morgan fingerprint density at radius 3 is 1.90 bits per heavy atom. The number of nitro groups is 1. The number of amides is 5. The van der Waals surface area contributed by atoms with E-state index in [0.29, 0.717) is 31.4 Å². The lowest BCUT2D eigenvalue weighted by molar-refractivity contribution is -0.384. The number of hydrogen-bond donors (Lipinski definition) is 2. The minimum atomic E-state index is -1.09. The van der Waals surface area contributed by atoms with Gasteiger partial charge in [0.25, 0.3) is 5.69 Å². The van der Waals surface area contributed by atoms with Crippen LogP contribution in [-0.4, -0.2) is 139 Å². The van der Waals surface area contributed by atoms with Crippen LogP contribution in [0.1, 0.15) is 110 Å². The topological polar surface area (TPSA) is 225 Å². The maximum absolute atomic E-state index is 14.8. The molecule has 4 aromatic rings. The minimum absolute atomic E-state index is 0.0283. The quantitative estimate of drug-likeness (QED) is 0.0273. The molecule has 1 heterocycles. The van der Waals surface area contributed by atoms with E-state index in [-0.39, 0.29) is 60.0 Å². The average molecular weight is 1110 g/mol. The smallest absolute Gasteiger partial charge is 0.448 e. The molecule has 2 N–H and O–H groups in total. The van der Waals surface area contributed by atoms with E-state index in [4.69, 9.17) is 23.7 Å². The van der Waals surface area contributed by atoms with Crippen molar-refractivity contribution in [2.45, 2.75) is 136 Å². The SMILES string of the molecule is CC[C@H](C)[C@@H]([C@@H](CC(=O)N1CCC[C@H]1[C@H](OC)[C@@H](C)C(=O)N[C@H](C)[C@@H](OC(=O)Oc1ccc([N+](=O)[O-])cc1)c1ccccc1)OC)N(C)C(=O)[C@@H](NC(=O)[C@H](C(C)C)N(C)C(=O)OCC1c2ccccc2-c2ccccc21)C(C)C. The van der Waals surface area contributed by atoms with Crippen molar-refractivity contribution in [3.63, 3.8) is 0 Å². The molecule has 5 amide bonds. The summed E-state index contributed by atoms with van der Waals surface area (Å²) in [6, 6.07) is 26.0. The van der Waals surface area contributed by atoms with Crippen LogP contribution in [0.3, 0.4) is 0 Å². The van der Waals surface area contributed by atoms with E-state index in [1.807, 2.05) is 77.9 Å². The number of likely N-dealkylation sites (N-methyl/N-ethyl adjacent to an activating group) is 2. The highest BCUT2D eigenvalue weighted by molar-refractivity contribution is 5.92. The van der Waals surface area contributed by atoms with Crippen LogP contribution in [0.5, 0.6) is 5.75 Å². The molecule has 0 spiro atoms. The summed E-state index contributed by atoms with van der Waals surface area (Å²) in [7, 11) is 6.20. The standard InChI is InChI=1S/C61H80N6O13/c1-13-38(6)54(64(9)59(71)52(36(2)3)63-58(70)53(37(4)5)65(10)60(72)78-35-48-46-26-19-17-24-44(46)45-25-18-20-27-47(45)48)50(76-11)34-51(68)66-33-21-28-49(66)55(77-12)39(7)57(69)62-40(8)56(41-22-15-14-16-23-41)80-61(73)79-43-31-29-42(30-32-43)67(74)75/h14-20,22-27,29-32,36-40,48-50,52-56H,13,21,28,33-35H2,1-12H3,(H,62,69)(H,63,70)/t38-,39+,40+,49-,50+,52-,53-,54-,55+,56+/m0/s1. The van der Waals surface area contributed by atoms with Gasteiger partial charge in [-0.2, -0.15) is 0 Å². The zero-order valence-electron chi connectivity index (χ0n) is 48.2. The Hall–Kier alpha value is -7.38. The number of non-ortho nitro benzene ring substituents is 1. The number of methoxy groups -OCH3 is 2. The monoisotopic (exact) mass is 1100 g/mol. The first kappa shape index (κ1) is 61.8. The van der Waals surface area contributed by atoms with E-state index in [1.54, 1.807) is 61.0 Å². The Labute approximate surface area is 470 Å². The molecule has 1 aliphatic heterocycles. The molecule has 2 aliphatic rings. The largest absolute Gasteiger partial charge is 0.514 e. The molecule has 1 fully saturated rings. The van der Waals surface area contributed by atoms with Crippen LogP contribution < -0.4 is 15.4 Å². The number of nitrogens with one attached hydrogen (secondary N) is 2. The van der Waals surface area contributed by atoms with Crippen molar-refractivity contribution in [3.8, 4) is 16.9 Å². The Bertz CT molecular complexity index is 2730. The predicted molar refractivity (Wildman–Crippen MR) is 301 cm³/mol. The molecule has 0 aromatic heterocycles. The summed E-state index contributed by atoms with van der Waals surface area (Å²) < 4.78 is 29.2. The first-order chi connectivity index (χ1) is 38.1. The second-order valence-electron chi connectivity index (χ2n) is 21.8. The van der Waals surface area contributed by atoms with E-state index >= 15 is 0 Å². The second-order valence-corrected chi connectivity index (χ2v) is 21.8. The number of hydrogen-bond acceptors (Lipinski definition) is 13. The molecule has 0 saturated carbocycles. The number of fused-ring (bicyclic) bond motifs is 3. The molecule has 6 rings (SSSR count). The summed E-state index contributed by atoms with van der Waals surface area (Å²) in [6.45, 7) is 15.2. The van der Waals surface area contributed by atoms with Gasteiger partial charge in [-0.15, -0.1) is 0 Å². The number of likely N-dealkylation sites (tertiary alicyclic amines) is 1. The van der Waals surface area contributed by atoms with Crippen molar-refractivity contribution in [1.29, 1.82) is 0 Å². The molecule has 0 unspecified atom stereocenters. The van der Waals surface area contributed by atoms with Crippen molar-refractivity contribution in [2.75, 3.05) is 41.5 Å². The van der Waals surface area contributed by atoms with E-state index in [9.17, 15) is 38.9 Å². The summed E-state index contributed by atoms with van der Waals surface area (Å²) in [6.07, 6.45) is -2.55. The Balaban J connectivity index is 1.10. The molecule has 10 atom stereocenters. The van der Waals surface area contributed by atoms with E-state index in [2.05, 4.69) is 22.8 Å². The number of rotatable bonds is 25. The maximum atomic E-state index is 14.8. The molecule has 1 saturated heterocycles. The number of carbonyl (C=O) groups excluding carboxylic acids is 6. The van der Waals surface area contributed by atoms with Crippen molar-refractivity contribution < 1.29 is 57.4 Å². The van der Waals surface area contributed by atoms with Gasteiger partial charge in [-0.05, 0) is 77.5 Å². The zero-order valence-corrected chi connectivity index (χ0v) is 48.2. The highest BCUT2D eigenvalue weighted by atomic mass is 16.7. The third-order valence-electron chi connectivity index (χ3n) is 15.9. The number of carbonyl (C=O) groups is 6. The van der Waals surface area contributed by atoms with E-state index in [1.165, 1.54) is 50.4 Å². The summed E-state index contributed by atoms with van der Waals surface area (Å²) in [5, 5.41) is 17.1. The lowest BCUT2D eigenvalue weighted by atomic mass is 9.89. The van der Waals surface area contributed by atoms with Crippen LogP contribution in [0.25, 0.3) is 11.1 Å². The molecule has 432 valence electrons. The van der Waals surface area contributed by atoms with Crippen molar-refractivity contribution in [3.05, 3.63) is 130 Å². The lowest BCUT2D eigenvalue weighted by Crippen LogP contribution is -2.60. The minimum Gasteiger partial charge on any atom is -0.448 e. The highest BCUT2D eigenvalue weighted by Gasteiger charge is 2.44. The Morgan fingerprint density at radius 2 is 1.35 bits per heavy atom. The van der Waals surface area contributed by atoms with Crippen LogP contribution in [0, 0.1) is 33.8 Å². The van der Waals surface area contributed by atoms with Crippen LogP contribution in [0.2, 0.25) is 0 Å². The molecular formula is C61H80N6O13. The molecule has 19 heteroatoms. The molecular weight excluding hydrogens is 1020 g/mol. The van der Waals surface area contributed by atoms with Crippen LogP contribution in [0.4, 0.5) is 15.3 Å². The number of benzene rings is 4. The fourth-order valence-electron chi connectivity index (χ4n) is 11.4. The maximum Gasteiger partial charge on any atom is 0.514 e. The number of ether oxygens (including phenoxy) is 5. The van der Waals surface area contributed by atoms with Crippen LogP contribution in [-0.2, 0) is 38.1 Å². The fourth-order valence-corrected chi connectivity index (χ4v) is 11.4. The number of nitrogens with zero attached hydrogens (tertiary/aromatic N) is 4. The molecule has 4 aromatic carbocycles. The predicted octanol–water partition coefficient (Wildman–Crippen LogP) is 9.32. The first-order valence-corrected chi connectivity index (χ1v) is 27.6. The van der Waals surface area contributed by atoms with Crippen LogP contribution >= 0.6 is 0 Å². The molecule has 0 bridgehead atoms. The number of nitro benzene ring substituents is 1. The van der Waals surface area contributed by atoms with Gasteiger partial charge in [0, 0.05) is 52.9 Å². The van der Waals surface area contributed by atoms with Gasteiger partial charge in [-0.1, -0.05) is 134 Å². The second kappa shape index (κ2) is 28.2. The van der Waals surface area contributed by atoms with E-state index < -0.39 is 83.4 Å². The fraction of sp³-hybridized carbons (Fsp3) is 0.508. The molecule has 80 heavy (non-hydrogen) atoms. The molecule has 0 radical (unpaired) electrons. The van der Waals surface area contributed by atoms with Crippen LogP contribution in [0.15, 0.2) is 103 Å². The van der Waals surface area contributed by atoms with Gasteiger partial charge in [0.15, 0.2) is 6.10 Å². The summed E-state index contributed by atoms with van der Waals surface area (Å²) in [5.41, 5.74) is 4.71. The van der Waals surface area contributed by atoms with Gasteiger partial charge in [0.05, 0.1) is 47.6 Å². The van der Waals surface area contributed by atoms with Gasteiger partial charge in [-0.3, -0.25) is 34.2 Å². The Kier molecular flexibility index (Phi) is 21.8.